The van der Waals surface area contributed by atoms with E-state index in [-0.39, 0.29) is 32.2 Å². The van der Waals surface area contributed by atoms with Crippen LogP contribution in [0.3, 0.4) is 0 Å². The van der Waals surface area contributed by atoms with E-state index in [1.54, 1.807) is 0 Å². The van der Waals surface area contributed by atoms with Crippen LogP contribution in [0.1, 0.15) is 322 Å². The standard InChI is InChI=1S/C74H133NO8/c1-6-8-10-12-14-16-18-20-22-24-26-28-30-32-34-36-38-40-42-44-46-48-50-52-54-56-58-60-62-64-71(76)81-68-70(69-82-74(73(78)79)80-67-66-75(3,4)5)83-72(77)65-63-61-59-57-55-53-51-49-47-45-43-41-39-37-35-33-31-29-27-25-23-21-19-17-15-13-11-9-7-2/h9,11,15,17,21,23-24,26-27,29,33,35,70,74H,6-8,10,12-14,16,18-20,22,25,28,30-32,34,36-69H2,1-5H3/p+1/b11-9-,17-15-,23-21-,26-24-,29-27-,35-33-. The van der Waals surface area contributed by atoms with Gasteiger partial charge in [-0.2, -0.15) is 0 Å². The van der Waals surface area contributed by atoms with Gasteiger partial charge in [-0.25, -0.2) is 4.79 Å². The lowest BCUT2D eigenvalue weighted by Crippen LogP contribution is -2.40. The second-order valence-corrected chi connectivity index (χ2v) is 24.8. The van der Waals surface area contributed by atoms with Crippen molar-refractivity contribution in [2.24, 2.45) is 0 Å². The molecule has 0 bridgehead atoms. The fourth-order valence-electron chi connectivity index (χ4n) is 10.1. The van der Waals surface area contributed by atoms with Crippen LogP contribution in [0.25, 0.3) is 0 Å². The molecule has 0 aliphatic rings. The number of rotatable bonds is 65. The maximum Gasteiger partial charge on any atom is 0.361 e. The van der Waals surface area contributed by atoms with Crippen LogP contribution in [0.15, 0.2) is 72.9 Å². The number of esters is 2. The fraction of sp³-hybridized carbons (Fsp3) is 0.797. The van der Waals surface area contributed by atoms with Crippen molar-refractivity contribution in [3.63, 3.8) is 0 Å². The Morgan fingerprint density at radius 3 is 1.04 bits per heavy atom. The van der Waals surface area contributed by atoms with Crippen molar-refractivity contribution in [2.45, 2.75) is 334 Å². The van der Waals surface area contributed by atoms with E-state index in [1.165, 1.54) is 225 Å². The van der Waals surface area contributed by atoms with Gasteiger partial charge in [0.1, 0.15) is 13.2 Å². The van der Waals surface area contributed by atoms with Crippen LogP contribution in [0.2, 0.25) is 0 Å². The Kier molecular flexibility index (Phi) is 62.2. The predicted octanol–water partition coefficient (Wildman–Crippen LogP) is 21.7. The summed E-state index contributed by atoms with van der Waals surface area (Å²) in [5.74, 6) is -1.99. The quantitative estimate of drug-likeness (QED) is 0.0211. The lowest BCUT2D eigenvalue weighted by molar-refractivity contribution is -0.870. The SMILES string of the molecule is CC/C=C\C/C=C\C/C=C\C/C=C\C/C=C\CCCCCCCCCCCCCCCC(=O)OC(COC(=O)CCCCCCCCCCCCCCCCCCC/C=C\CCCCCCCCCC)COC(OCC[N+](C)(C)C)C(=O)O. The van der Waals surface area contributed by atoms with Gasteiger partial charge in [0.15, 0.2) is 6.10 Å². The smallest absolute Gasteiger partial charge is 0.361 e. The zero-order valence-electron chi connectivity index (χ0n) is 55.1. The normalized spacial score (nSPS) is 13.1. The van der Waals surface area contributed by atoms with E-state index in [9.17, 15) is 19.5 Å². The van der Waals surface area contributed by atoms with Crippen LogP contribution in [0.4, 0.5) is 0 Å². The first-order valence-corrected chi connectivity index (χ1v) is 35.1. The molecule has 0 aliphatic carbocycles. The molecule has 0 aromatic carbocycles. The van der Waals surface area contributed by atoms with Crippen molar-refractivity contribution in [3.8, 4) is 0 Å². The number of carbonyl (C=O) groups is 3. The van der Waals surface area contributed by atoms with Crippen molar-refractivity contribution in [3.05, 3.63) is 72.9 Å². The highest BCUT2D eigenvalue weighted by molar-refractivity contribution is 5.71. The third-order valence-electron chi connectivity index (χ3n) is 15.4. The maximum atomic E-state index is 12.9. The molecule has 0 rings (SSSR count). The first-order valence-electron chi connectivity index (χ1n) is 35.1. The highest BCUT2D eigenvalue weighted by Crippen LogP contribution is 2.18. The van der Waals surface area contributed by atoms with Crippen LogP contribution in [0.5, 0.6) is 0 Å². The molecule has 0 heterocycles. The molecule has 2 unspecified atom stereocenters. The molecule has 9 heteroatoms. The first kappa shape index (κ1) is 79.7. The number of hydrogen-bond donors (Lipinski definition) is 1. The van der Waals surface area contributed by atoms with Crippen molar-refractivity contribution in [2.75, 3.05) is 47.5 Å². The van der Waals surface area contributed by atoms with E-state index < -0.39 is 24.3 Å². The Bertz CT molecular complexity index is 1590. The van der Waals surface area contributed by atoms with Gasteiger partial charge in [0.05, 0.1) is 34.4 Å². The molecular formula is C74H134NO8+. The van der Waals surface area contributed by atoms with Crippen molar-refractivity contribution < 1.29 is 42.9 Å². The summed E-state index contributed by atoms with van der Waals surface area (Å²) >= 11 is 0. The zero-order valence-corrected chi connectivity index (χ0v) is 55.1. The summed E-state index contributed by atoms with van der Waals surface area (Å²) in [7, 11) is 5.98. The molecule has 1 N–H and O–H groups in total. The molecule has 0 aliphatic heterocycles. The van der Waals surface area contributed by atoms with E-state index in [0.717, 1.165) is 70.6 Å². The van der Waals surface area contributed by atoms with Gasteiger partial charge in [0, 0.05) is 12.8 Å². The van der Waals surface area contributed by atoms with Gasteiger partial charge >= 0.3 is 17.9 Å². The van der Waals surface area contributed by atoms with Crippen LogP contribution in [0, 0.1) is 0 Å². The Hall–Kier alpha value is -3.27. The average molecular weight is 1170 g/mol. The molecule has 0 fully saturated rings. The van der Waals surface area contributed by atoms with Crippen molar-refractivity contribution >= 4 is 17.9 Å². The maximum absolute atomic E-state index is 12.9. The number of ether oxygens (including phenoxy) is 4. The highest BCUT2D eigenvalue weighted by atomic mass is 16.7. The number of hydrogen-bond acceptors (Lipinski definition) is 7. The number of likely N-dealkylation sites (N-methyl/N-ethyl adjacent to an activating group) is 1. The van der Waals surface area contributed by atoms with Crippen LogP contribution < -0.4 is 0 Å². The van der Waals surface area contributed by atoms with Gasteiger partial charge < -0.3 is 28.5 Å². The number of carboxylic acid groups (broad SMARTS) is 1. The highest BCUT2D eigenvalue weighted by Gasteiger charge is 2.25. The topological polar surface area (TPSA) is 108 Å². The van der Waals surface area contributed by atoms with Gasteiger partial charge in [-0.1, -0.05) is 299 Å². The number of allylic oxidation sites excluding steroid dienone is 12. The Balaban J connectivity index is 4.10. The van der Waals surface area contributed by atoms with E-state index in [2.05, 4.69) is 86.8 Å². The summed E-state index contributed by atoms with van der Waals surface area (Å²) in [5.41, 5.74) is 0. The molecule has 0 amide bonds. The number of carbonyl (C=O) groups excluding carboxylic acids is 2. The fourth-order valence-corrected chi connectivity index (χ4v) is 10.1. The molecular weight excluding hydrogens is 1030 g/mol. The van der Waals surface area contributed by atoms with Crippen LogP contribution in [-0.4, -0.2) is 87.4 Å². The largest absolute Gasteiger partial charge is 0.477 e. The second-order valence-electron chi connectivity index (χ2n) is 24.8. The number of aliphatic carboxylic acids is 1. The third kappa shape index (κ3) is 66.1. The minimum atomic E-state index is -1.51. The molecule has 0 aromatic rings. The number of quaternary nitrogens is 1. The minimum Gasteiger partial charge on any atom is -0.477 e. The Morgan fingerprint density at radius 2 is 0.687 bits per heavy atom. The third-order valence-corrected chi connectivity index (χ3v) is 15.4. The van der Waals surface area contributed by atoms with Gasteiger partial charge in [-0.3, -0.25) is 9.59 Å². The van der Waals surface area contributed by atoms with Gasteiger partial charge in [0.2, 0.25) is 0 Å². The van der Waals surface area contributed by atoms with E-state index in [4.69, 9.17) is 18.9 Å². The summed E-state index contributed by atoms with van der Waals surface area (Å²) < 4.78 is 23.0. The van der Waals surface area contributed by atoms with Crippen molar-refractivity contribution in [1.29, 1.82) is 0 Å². The average Bonchev–Trinajstić information content (AvgIpc) is 3.46. The summed E-state index contributed by atoms with van der Waals surface area (Å²) in [6.07, 6.45) is 83.0. The monoisotopic (exact) mass is 1170 g/mol. The molecule has 0 radical (unpaired) electrons. The summed E-state index contributed by atoms with van der Waals surface area (Å²) in [6, 6.07) is 0. The first-order chi connectivity index (χ1) is 40.6. The Labute approximate surface area is 513 Å². The van der Waals surface area contributed by atoms with Gasteiger partial charge in [-0.15, -0.1) is 0 Å². The van der Waals surface area contributed by atoms with Gasteiger partial charge in [-0.05, 0) is 83.5 Å². The molecule has 482 valence electrons. The summed E-state index contributed by atoms with van der Waals surface area (Å²) in [5, 5.41) is 9.75. The summed E-state index contributed by atoms with van der Waals surface area (Å²) in [4.78, 5) is 37.6. The predicted molar refractivity (Wildman–Crippen MR) is 355 cm³/mol. The van der Waals surface area contributed by atoms with Crippen LogP contribution in [-0.2, 0) is 33.3 Å². The number of nitrogens with zero attached hydrogens (tertiary/aromatic N) is 1. The van der Waals surface area contributed by atoms with Crippen molar-refractivity contribution in [1.82, 2.24) is 0 Å². The lowest BCUT2D eigenvalue weighted by atomic mass is 10.0. The van der Waals surface area contributed by atoms with Gasteiger partial charge in [0.25, 0.3) is 6.29 Å². The molecule has 0 spiro atoms. The summed E-state index contributed by atoms with van der Waals surface area (Å²) in [6.45, 7) is 4.81. The van der Waals surface area contributed by atoms with E-state index >= 15 is 0 Å². The minimum absolute atomic E-state index is 0.181. The van der Waals surface area contributed by atoms with E-state index in [0.29, 0.717) is 17.4 Å². The molecule has 2 atom stereocenters. The molecule has 9 nitrogen and oxygen atoms in total. The van der Waals surface area contributed by atoms with Crippen LogP contribution >= 0.6 is 0 Å². The molecule has 83 heavy (non-hydrogen) atoms. The lowest BCUT2D eigenvalue weighted by Gasteiger charge is -2.25. The number of unbranched alkanes of at least 4 members (excludes halogenated alkanes) is 38. The zero-order chi connectivity index (χ0) is 60.5. The molecule has 0 aromatic heterocycles. The second kappa shape index (κ2) is 64.7. The number of carboxylic acids is 1. The Morgan fingerprint density at radius 1 is 0.373 bits per heavy atom. The van der Waals surface area contributed by atoms with E-state index in [1.807, 2.05) is 21.1 Å². The molecule has 0 saturated carbocycles. The molecule has 0 saturated heterocycles.